The molecule has 29 heteroatoms. The predicted octanol–water partition coefficient (Wildman–Crippen LogP) is -5.45. The zero-order valence-corrected chi connectivity index (χ0v) is 44.1. The number of unbranched alkanes of at least 4 members (excludes halogenated alkanes) is 2. The number of carbonyl (C=O) groups excluding carboxylic acids is 6. The van der Waals surface area contributed by atoms with Gasteiger partial charge in [0.25, 0.3) is 5.91 Å². The quantitative estimate of drug-likeness (QED) is 0.0263. The molecule has 5 fully saturated rings. The van der Waals surface area contributed by atoms with Crippen LogP contribution in [0.4, 0.5) is 4.79 Å². The topological polar surface area (TPSA) is 424 Å². The summed E-state index contributed by atoms with van der Waals surface area (Å²) < 4.78 is 34.1. The molecular weight excluding hydrogens is 1050 g/mol. The molecule has 5 saturated heterocycles. The number of hydrogen-bond acceptors (Lipinski definition) is 22. The van der Waals surface area contributed by atoms with Crippen LogP contribution in [-0.2, 0) is 54.1 Å². The lowest BCUT2D eigenvalue weighted by Crippen LogP contribution is -2.68. The van der Waals surface area contributed by atoms with Crippen LogP contribution in [0, 0.1) is 0 Å². The fourth-order valence-corrected chi connectivity index (χ4v) is 11.2. The van der Waals surface area contributed by atoms with E-state index in [4.69, 9.17) is 28.4 Å². The molecule has 1 aromatic rings. The maximum Gasteiger partial charge on any atom is 0.315 e. The van der Waals surface area contributed by atoms with Gasteiger partial charge in [0.05, 0.1) is 38.5 Å². The molecule has 5 aliphatic rings. The highest BCUT2D eigenvalue weighted by Crippen LogP contribution is 2.35. The maximum absolute atomic E-state index is 12.8. The first-order chi connectivity index (χ1) is 37.4. The third kappa shape index (κ3) is 17.5. The minimum Gasteiger partial charge on any atom is -0.394 e. The second-order valence-electron chi connectivity index (χ2n) is 19.8. The van der Waals surface area contributed by atoms with Crippen LogP contribution in [-0.4, -0.2) is 243 Å². The summed E-state index contributed by atoms with van der Waals surface area (Å²) in [5, 5.41) is 114. The predicted molar refractivity (Wildman–Crippen MR) is 270 cm³/mol. The summed E-state index contributed by atoms with van der Waals surface area (Å²) in [6.45, 7) is -0.500. The number of rotatable bonds is 29. The zero-order valence-electron chi connectivity index (χ0n) is 43.3. The SMILES string of the molecule is CC(=O)N[C@H]1[C@H](OCCCNC(=O)CCCCC(=O)NCc2cccc(C(=O)NCCNC(=O)CCCC[C@@H]3SC[C@@H]4NC(=O)N[C@@H]43)c2)O[C@H](CO)[C@@H](O[C@@H]2O[C@H](CO)[C@H](O)[C@H](O[C@H]3O[C@H](CO)[C@H](O)[C@H](O)[C@H]3O)[C@H]2O)[C@@H]1O. The van der Waals surface area contributed by atoms with Crippen molar-refractivity contribution in [2.75, 3.05) is 51.8 Å². The average Bonchev–Trinajstić information content (AvgIpc) is 4.04. The molecular formula is C49H77N7O21S. The minimum absolute atomic E-state index is 0.0618. The van der Waals surface area contributed by atoms with Crippen molar-refractivity contribution in [2.45, 2.75) is 181 Å². The van der Waals surface area contributed by atoms with Gasteiger partial charge in [0.1, 0.15) is 73.2 Å². The summed E-state index contributed by atoms with van der Waals surface area (Å²) in [7, 11) is 0. The highest BCUT2D eigenvalue weighted by atomic mass is 32.2. The fraction of sp³-hybridized carbons (Fsp3) is 0.755. The van der Waals surface area contributed by atoms with E-state index in [9.17, 15) is 74.7 Å². The second-order valence-corrected chi connectivity index (χ2v) is 21.1. The van der Waals surface area contributed by atoms with Gasteiger partial charge in [0, 0.05) is 68.9 Å². The molecule has 1 aromatic carbocycles. The molecule has 18 atom stereocenters. The van der Waals surface area contributed by atoms with Gasteiger partial charge in [-0.1, -0.05) is 18.6 Å². The number of urea groups is 1. The first-order valence-corrected chi connectivity index (χ1v) is 27.4. The van der Waals surface area contributed by atoms with E-state index in [1.165, 1.54) is 0 Å². The normalized spacial score (nSPS) is 33.5. The molecule has 0 saturated carbocycles. The summed E-state index contributed by atoms with van der Waals surface area (Å²) in [5.74, 6) is -0.653. The molecule has 440 valence electrons. The number of carbonyl (C=O) groups is 6. The average molecular weight is 1130 g/mol. The van der Waals surface area contributed by atoms with Crippen LogP contribution in [0.25, 0.3) is 0 Å². The summed E-state index contributed by atoms with van der Waals surface area (Å²) in [6, 6.07) is 5.67. The van der Waals surface area contributed by atoms with Gasteiger partial charge in [-0.2, -0.15) is 11.8 Å². The summed E-state index contributed by atoms with van der Waals surface area (Å²) in [4.78, 5) is 74.1. The van der Waals surface area contributed by atoms with E-state index in [0.717, 1.165) is 31.9 Å². The van der Waals surface area contributed by atoms with Crippen molar-refractivity contribution in [3.05, 3.63) is 35.4 Å². The number of hydrogen-bond donors (Lipinski definition) is 16. The van der Waals surface area contributed by atoms with Crippen LogP contribution in [0.3, 0.4) is 0 Å². The lowest BCUT2D eigenvalue weighted by molar-refractivity contribution is -0.376. The van der Waals surface area contributed by atoms with Crippen molar-refractivity contribution in [1.29, 1.82) is 0 Å². The van der Waals surface area contributed by atoms with E-state index in [1.54, 1.807) is 24.3 Å². The molecule has 0 unspecified atom stereocenters. The van der Waals surface area contributed by atoms with Gasteiger partial charge in [-0.05, 0) is 49.8 Å². The van der Waals surface area contributed by atoms with Gasteiger partial charge in [0.15, 0.2) is 18.9 Å². The van der Waals surface area contributed by atoms with E-state index in [1.807, 2.05) is 11.8 Å². The van der Waals surface area contributed by atoms with E-state index in [0.29, 0.717) is 35.6 Å². The zero-order chi connectivity index (χ0) is 56.5. The van der Waals surface area contributed by atoms with Crippen molar-refractivity contribution in [3.63, 3.8) is 0 Å². The monoisotopic (exact) mass is 1130 g/mol. The molecule has 7 amide bonds. The van der Waals surface area contributed by atoms with Gasteiger partial charge >= 0.3 is 6.03 Å². The number of thioether (sulfide) groups is 1. The molecule has 5 aliphatic heterocycles. The Morgan fingerprint density at radius 1 is 0.654 bits per heavy atom. The van der Waals surface area contributed by atoms with Crippen molar-refractivity contribution < 1.29 is 103 Å². The Bertz CT molecular complexity index is 2120. The van der Waals surface area contributed by atoms with E-state index in [-0.39, 0.29) is 93.8 Å². The first-order valence-electron chi connectivity index (χ1n) is 26.4. The minimum atomic E-state index is -1.98. The number of aliphatic hydroxyl groups excluding tert-OH is 9. The molecule has 5 heterocycles. The molecule has 0 radical (unpaired) electrons. The lowest BCUT2D eigenvalue weighted by atomic mass is 9.95. The Labute approximate surface area is 454 Å². The molecule has 0 aromatic heterocycles. The van der Waals surface area contributed by atoms with Crippen LogP contribution >= 0.6 is 11.8 Å². The van der Waals surface area contributed by atoms with Crippen molar-refractivity contribution in [1.82, 2.24) is 37.2 Å². The third-order valence-electron chi connectivity index (χ3n) is 14.0. The first kappa shape index (κ1) is 62.8. The van der Waals surface area contributed by atoms with Gasteiger partial charge < -0.3 is 112 Å². The molecule has 28 nitrogen and oxygen atoms in total. The van der Waals surface area contributed by atoms with Gasteiger partial charge in [-0.15, -0.1) is 0 Å². The van der Waals surface area contributed by atoms with Crippen molar-refractivity contribution in [3.8, 4) is 0 Å². The molecule has 0 bridgehead atoms. The van der Waals surface area contributed by atoms with E-state index >= 15 is 0 Å². The summed E-state index contributed by atoms with van der Waals surface area (Å²) in [6.07, 6.45) is -19.4. The number of nitrogens with one attached hydrogen (secondary N) is 7. The Morgan fingerprint density at radius 2 is 1.26 bits per heavy atom. The molecule has 78 heavy (non-hydrogen) atoms. The Hall–Kier alpha value is -4.41. The van der Waals surface area contributed by atoms with E-state index < -0.39 is 118 Å². The van der Waals surface area contributed by atoms with Crippen LogP contribution in [0.15, 0.2) is 24.3 Å². The summed E-state index contributed by atoms with van der Waals surface area (Å²) in [5.41, 5.74) is 1.11. The number of aliphatic hydroxyl groups is 9. The second kappa shape index (κ2) is 31.0. The molecule has 6 rings (SSSR count). The van der Waals surface area contributed by atoms with E-state index in [2.05, 4.69) is 37.2 Å². The van der Waals surface area contributed by atoms with Gasteiger partial charge in [-0.25, -0.2) is 4.79 Å². The van der Waals surface area contributed by atoms with Crippen LogP contribution in [0.2, 0.25) is 0 Å². The van der Waals surface area contributed by atoms with Gasteiger partial charge in [0.2, 0.25) is 23.6 Å². The van der Waals surface area contributed by atoms with Crippen molar-refractivity contribution in [2.24, 2.45) is 0 Å². The maximum atomic E-state index is 12.8. The largest absolute Gasteiger partial charge is 0.394 e. The number of amides is 7. The molecule has 16 N–H and O–H groups in total. The summed E-state index contributed by atoms with van der Waals surface area (Å²) >= 11 is 1.84. The smallest absolute Gasteiger partial charge is 0.315 e. The van der Waals surface area contributed by atoms with Gasteiger partial charge in [-0.3, -0.25) is 24.0 Å². The lowest BCUT2D eigenvalue weighted by Gasteiger charge is -2.48. The van der Waals surface area contributed by atoms with Crippen molar-refractivity contribution >= 4 is 47.3 Å². The molecule has 0 spiro atoms. The number of benzene rings is 1. The Kier molecular flexibility index (Phi) is 24.9. The Morgan fingerprint density at radius 3 is 1.94 bits per heavy atom. The Balaban J connectivity index is 0.836. The highest BCUT2D eigenvalue weighted by molar-refractivity contribution is 8.00. The number of ether oxygens (including phenoxy) is 6. The van der Waals surface area contributed by atoms with Crippen LogP contribution < -0.4 is 37.2 Å². The fourth-order valence-electron chi connectivity index (χ4n) is 9.69. The van der Waals surface area contributed by atoms with Crippen LogP contribution in [0.1, 0.15) is 80.6 Å². The van der Waals surface area contributed by atoms with Crippen LogP contribution in [0.5, 0.6) is 0 Å². The standard InChI is InChI=1S/C49H77N7O21S/c1-24(60)54-36-39(66)43(76-48-42(69)44(38(65)29(21-58)74-48)77-47-41(68)40(67)37(64)28(20-57)73-47)30(22-59)75-46(36)72-17-7-14-50-32(61)12-4-5-13-34(63)53-19-25-8-6-9-26(18-25)45(70)52-16-15-51-33(62)11-3-2-10-31-35-27(23-78-31)55-49(71)56-35/h6,8-9,18,27-31,35-44,46-48,57-59,64-69H,2-5,7,10-17,19-23H2,1H3,(H,50,61)(H,51,62)(H,52,70)(H,53,63)(H,54,60)(H2,55,56,71)/t27-,28+,29+,30+,31-,35-,36+,37-,38-,39+,40-,41+,42+,43+,44-,46+,47+,48-/m0/s1. The highest BCUT2D eigenvalue weighted by Gasteiger charge is 2.54. The number of fused-ring (bicyclic) bond motifs is 1. The molecule has 0 aliphatic carbocycles. The third-order valence-corrected chi connectivity index (χ3v) is 15.5.